The van der Waals surface area contributed by atoms with E-state index >= 15 is 0 Å². The van der Waals surface area contributed by atoms with Crippen LogP contribution in [0.15, 0.2) is 48.8 Å². The summed E-state index contributed by atoms with van der Waals surface area (Å²) in [5, 5.41) is 7.12. The molecule has 1 aromatic carbocycles. The number of carbonyl (C=O) groups excluding carboxylic acids is 1. The van der Waals surface area contributed by atoms with Crippen LogP contribution < -0.4 is 0 Å². The fourth-order valence-electron chi connectivity index (χ4n) is 4.01. The zero-order chi connectivity index (χ0) is 24.0. The molecule has 2 aromatic rings. The maximum atomic E-state index is 13.2. The molecule has 1 aliphatic carbocycles. The molecule has 1 saturated heterocycles. The van der Waals surface area contributed by atoms with Crippen molar-refractivity contribution in [3.63, 3.8) is 0 Å². The highest BCUT2D eigenvalue weighted by Crippen LogP contribution is 2.33. The number of rotatable bonds is 4. The third-order valence-corrected chi connectivity index (χ3v) is 5.60. The topological polar surface area (TPSA) is 89.0 Å². The molecule has 0 radical (unpaired) electrons. The summed E-state index contributed by atoms with van der Waals surface area (Å²) >= 11 is 0. The van der Waals surface area contributed by atoms with E-state index in [1.54, 1.807) is 6.20 Å². The number of carboxylic acid groups (broad SMARTS) is 1. The molecule has 7 nitrogen and oxygen atoms in total. The van der Waals surface area contributed by atoms with E-state index in [2.05, 4.69) is 4.98 Å². The lowest BCUT2D eigenvalue weighted by molar-refractivity contribution is -0.192. The standard InChI is InChI=1S/C21H24N2O3.C2HF3O2/c1-15-5-2-3-7-17(15)21(24)23-11-12-25-19-9-8-18(23)20(19)26-14-16-6-4-10-22-13-16;3-2(4,5)1(6)7/h2-7,10,13,18-20H,8-9,11-12,14H2,1H3;(H,6,7). The van der Waals surface area contributed by atoms with Gasteiger partial charge in [-0.25, -0.2) is 4.79 Å². The molecule has 2 bridgehead atoms. The van der Waals surface area contributed by atoms with Crippen molar-refractivity contribution in [2.24, 2.45) is 0 Å². The molecular formula is C23H25F3N2O5. The summed E-state index contributed by atoms with van der Waals surface area (Å²) < 4.78 is 44.0. The van der Waals surface area contributed by atoms with E-state index in [4.69, 9.17) is 19.4 Å². The number of fused-ring (bicyclic) bond motifs is 2. The summed E-state index contributed by atoms with van der Waals surface area (Å²) in [5.41, 5.74) is 2.81. The van der Waals surface area contributed by atoms with Gasteiger partial charge in [0.1, 0.15) is 6.10 Å². The van der Waals surface area contributed by atoms with Crippen LogP contribution in [0.5, 0.6) is 0 Å². The van der Waals surface area contributed by atoms with Crippen LogP contribution in [-0.2, 0) is 20.9 Å². The number of aryl methyl sites for hydroxylation is 1. The monoisotopic (exact) mass is 466 g/mol. The fraction of sp³-hybridized carbons (Fsp3) is 0.435. The van der Waals surface area contributed by atoms with Gasteiger partial charge in [0, 0.05) is 24.5 Å². The van der Waals surface area contributed by atoms with Gasteiger partial charge in [0.2, 0.25) is 0 Å². The van der Waals surface area contributed by atoms with E-state index in [-0.39, 0.29) is 24.2 Å². The molecule has 2 heterocycles. The van der Waals surface area contributed by atoms with Crippen LogP contribution in [0.2, 0.25) is 0 Å². The Balaban J connectivity index is 0.000000383. The molecule has 3 atom stereocenters. The summed E-state index contributed by atoms with van der Waals surface area (Å²) in [6, 6.07) is 11.7. The number of alkyl halides is 3. The molecular weight excluding hydrogens is 441 g/mol. The Kier molecular flexibility index (Phi) is 8.04. The van der Waals surface area contributed by atoms with Crippen LogP contribution in [0.3, 0.4) is 0 Å². The van der Waals surface area contributed by atoms with E-state index in [0.717, 1.165) is 29.5 Å². The second-order valence-electron chi connectivity index (χ2n) is 7.81. The number of hydrogen-bond acceptors (Lipinski definition) is 5. The van der Waals surface area contributed by atoms with E-state index in [0.29, 0.717) is 19.8 Å². The van der Waals surface area contributed by atoms with Crippen molar-refractivity contribution in [2.75, 3.05) is 13.2 Å². The van der Waals surface area contributed by atoms with Gasteiger partial charge in [0.05, 0.1) is 25.4 Å². The van der Waals surface area contributed by atoms with Crippen molar-refractivity contribution >= 4 is 11.9 Å². The number of amides is 1. The highest BCUT2D eigenvalue weighted by molar-refractivity contribution is 5.96. The molecule has 2 fully saturated rings. The number of benzene rings is 1. The lowest BCUT2D eigenvalue weighted by Gasteiger charge is -2.31. The Bertz CT molecular complexity index is 955. The lowest BCUT2D eigenvalue weighted by Crippen LogP contribution is -2.46. The van der Waals surface area contributed by atoms with Crippen molar-refractivity contribution in [2.45, 2.75) is 50.8 Å². The SMILES string of the molecule is Cc1ccccc1C(=O)N1CCOC2CCC1C2OCc1cccnc1.O=C(O)C(F)(F)F. The van der Waals surface area contributed by atoms with Crippen molar-refractivity contribution < 1.29 is 37.3 Å². The maximum Gasteiger partial charge on any atom is 0.490 e. The van der Waals surface area contributed by atoms with Gasteiger partial charge in [-0.1, -0.05) is 24.3 Å². The normalized spacial score (nSPS) is 22.2. The van der Waals surface area contributed by atoms with E-state index in [1.165, 1.54) is 0 Å². The highest BCUT2D eigenvalue weighted by atomic mass is 19.4. The number of aliphatic carboxylic acids is 1. The van der Waals surface area contributed by atoms with Gasteiger partial charge >= 0.3 is 12.1 Å². The molecule has 10 heteroatoms. The average molecular weight is 466 g/mol. The third-order valence-electron chi connectivity index (χ3n) is 5.60. The van der Waals surface area contributed by atoms with Crippen LogP contribution >= 0.6 is 0 Å². The van der Waals surface area contributed by atoms with Crippen LogP contribution in [0.4, 0.5) is 13.2 Å². The largest absolute Gasteiger partial charge is 0.490 e. The summed E-state index contributed by atoms with van der Waals surface area (Å²) in [4.78, 5) is 28.2. The molecule has 33 heavy (non-hydrogen) atoms. The van der Waals surface area contributed by atoms with Gasteiger partial charge in [-0.3, -0.25) is 9.78 Å². The number of aromatic nitrogens is 1. The Morgan fingerprint density at radius 3 is 2.58 bits per heavy atom. The van der Waals surface area contributed by atoms with Gasteiger partial charge in [-0.15, -0.1) is 0 Å². The number of ether oxygens (including phenoxy) is 2. The quantitative estimate of drug-likeness (QED) is 0.741. The van der Waals surface area contributed by atoms with Crippen LogP contribution in [0, 0.1) is 6.92 Å². The van der Waals surface area contributed by atoms with Crippen molar-refractivity contribution in [3.8, 4) is 0 Å². The van der Waals surface area contributed by atoms with Gasteiger partial charge in [-0.2, -0.15) is 13.2 Å². The minimum absolute atomic E-state index is 0.0614. The summed E-state index contributed by atoms with van der Waals surface area (Å²) in [6.07, 6.45) is 0.303. The minimum atomic E-state index is -5.08. The van der Waals surface area contributed by atoms with Crippen LogP contribution in [0.25, 0.3) is 0 Å². The third kappa shape index (κ3) is 6.29. The molecule has 178 valence electrons. The number of carbonyl (C=O) groups is 2. The molecule has 1 aliphatic heterocycles. The molecule has 0 spiro atoms. The van der Waals surface area contributed by atoms with Crippen molar-refractivity contribution in [1.29, 1.82) is 0 Å². The summed E-state index contributed by atoms with van der Waals surface area (Å²) in [6.45, 7) is 3.64. The first-order valence-corrected chi connectivity index (χ1v) is 10.5. The first kappa shape index (κ1) is 24.7. The molecule has 4 rings (SSSR count). The number of carboxylic acids is 1. The zero-order valence-corrected chi connectivity index (χ0v) is 18.0. The minimum Gasteiger partial charge on any atom is -0.475 e. The van der Waals surface area contributed by atoms with Gasteiger partial charge in [0.25, 0.3) is 5.91 Å². The van der Waals surface area contributed by atoms with E-state index in [9.17, 15) is 18.0 Å². The molecule has 1 amide bonds. The fourth-order valence-corrected chi connectivity index (χ4v) is 4.01. The Hall–Kier alpha value is -2.98. The smallest absolute Gasteiger partial charge is 0.475 e. The second kappa shape index (κ2) is 10.8. The molecule has 1 aromatic heterocycles. The molecule has 1 N–H and O–H groups in total. The maximum absolute atomic E-state index is 13.2. The molecule has 3 unspecified atom stereocenters. The van der Waals surface area contributed by atoms with E-state index in [1.807, 2.05) is 54.4 Å². The number of nitrogens with zero attached hydrogens (tertiary/aromatic N) is 2. The Labute approximate surface area is 189 Å². The number of pyridine rings is 1. The Morgan fingerprint density at radius 1 is 1.21 bits per heavy atom. The number of hydrogen-bond donors (Lipinski definition) is 1. The highest BCUT2D eigenvalue weighted by Gasteiger charge is 2.45. The summed E-state index contributed by atoms with van der Waals surface area (Å²) in [7, 11) is 0. The Morgan fingerprint density at radius 2 is 1.94 bits per heavy atom. The summed E-state index contributed by atoms with van der Waals surface area (Å²) in [5.74, 6) is -2.68. The molecule has 2 aliphatic rings. The second-order valence-corrected chi connectivity index (χ2v) is 7.81. The lowest BCUT2D eigenvalue weighted by atomic mass is 10.1. The number of halogens is 3. The first-order chi connectivity index (χ1) is 15.7. The first-order valence-electron chi connectivity index (χ1n) is 10.5. The van der Waals surface area contributed by atoms with Gasteiger partial charge in [0.15, 0.2) is 0 Å². The van der Waals surface area contributed by atoms with Crippen molar-refractivity contribution in [3.05, 3.63) is 65.5 Å². The van der Waals surface area contributed by atoms with Crippen LogP contribution in [0.1, 0.15) is 34.3 Å². The molecule has 1 saturated carbocycles. The predicted molar refractivity (Wildman–Crippen MR) is 111 cm³/mol. The van der Waals surface area contributed by atoms with Gasteiger partial charge < -0.3 is 19.5 Å². The van der Waals surface area contributed by atoms with Gasteiger partial charge in [-0.05, 0) is 43.0 Å². The zero-order valence-electron chi connectivity index (χ0n) is 18.0. The predicted octanol–water partition coefficient (Wildman–Crippen LogP) is 3.61. The average Bonchev–Trinajstić information content (AvgIpc) is 3.07. The van der Waals surface area contributed by atoms with E-state index < -0.39 is 12.1 Å². The van der Waals surface area contributed by atoms with Crippen molar-refractivity contribution in [1.82, 2.24) is 9.88 Å². The van der Waals surface area contributed by atoms with Crippen LogP contribution in [-0.4, -0.2) is 64.4 Å².